The van der Waals surface area contributed by atoms with Crippen LogP contribution in [0.1, 0.15) is 29.3 Å². The molecule has 0 fully saturated rings. The normalized spacial score (nSPS) is 11.7. The Balaban J connectivity index is 1.97. The Kier molecular flexibility index (Phi) is 5.77. The highest BCUT2D eigenvalue weighted by atomic mass is 35.5. The first-order valence-corrected chi connectivity index (χ1v) is 7.58. The summed E-state index contributed by atoms with van der Waals surface area (Å²) in [6.07, 6.45) is -0.201. The summed E-state index contributed by atoms with van der Waals surface area (Å²) in [5.41, 5.74) is 1.48. The maximum absolute atomic E-state index is 12.2. The summed E-state index contributed by atoms with van der Waals surface area (Å²) >= 11 is 5.82. The van der Waals surface area contributed by atoms with Crippen LogP contribution in [0.5, 0.6) is 5.75 Å². The molecule has 1 atom stereocenters. The quantitative estimate of drug-likeness (QED) is 0.778. The molecule has 1 N–H and O–H groups in total. The van der Waals surface area contributed by atoms with Crippen molar-refractivity contribution < 1.29 is 19.4 Å². The van der Waals surface area contributed by atoms with Gasteiger partial charge in [0.1, 0.15) is 11.9 Å². The van der Waals surface area contributed by atoms with Gasteiger partial charge < -0.3 is 9.84 Å². The van der Waals surface area contributed by atoms with Crippen molar-refractivity contribution in [2.45, 2.75) is 25.9 Å². The summed E-state index contributed by atoms with van der Waals surface area (Å²) < 4.78 is 5.48. The molecule has 2 aromatic carbocycles. The molecule has 0 saturated carbocycles. The molecule has 0 bridgehead atoms. The number of hydrogen-bond donors (Lipinski definition) is 1. The molecule has 0 radical (unpaired) electrons. The zero-order valence-electron chi connectivity index (χ0n) is 12.7. The molecule has 120 valence electrons. The zero-order valence-corrected chi connectivity index (χ0v) is 13.4. The molecular weight excluding hydrogens is 316 g/mol. The number of ether oxygens (including phenoxy) is 1. The van der Waals surface area contributed by atoms with Crippen LogP contribution in [0.15, 0.2) is 48.5 Å². The van der Waals surface area contributed by atoms with Gasteiger partial charge in [-0.3, -0.25) is 9.59 Å². The Hall–Kier alpha value is -2.33. The molecule has 23 heavy (non-hydrogen) atoms. The van der Waals surface area contributed by atoms with Crippen LogP contribution in [0.2, 0.25) is 5.02 Å². The second-order valence-corrected chi connectivity index (χ2v) is 5.71. The van der Waals surface area contributed by atoms with E-state index in [1.807, 2.05) is 12.1 Å². The molecule has 1 unspecified atom stereocenters. The number of carbonyl (C=O) groups excluding carboxylic acids is 1. The Morgan fingerprint density at radius 1 is 1.09 bits per heavy atom. The van der Waals surface area contributed by atoms with E-state index < -0.39 is 12.1 Å². The molecule has 5 heteroatoms. The Labute approximate surface area is 139 Å². The van der Waals surface area contributed by atoms with E-state index in [2.05, 4.69) is 0 Å². The first-order valence-electron chi connectivity index (χ1n) is 7.20. The van der Waals surface area contributed by atoms with E-state index in [0.717, 1.165) is 5.56 Å². The summed E-state index contributed by atoms with van der Waals surface area (Å²) in [5.74, 6) is -0.369. The number of hydrogen-bond acceptors (Lipinski definition) is 3. The molecule has 2 rings (SSSR count). The van der Waals surface area contributed by atoms with Gasteiger partial charge in [0.05, 0.1) is 6.42 Å². The van der Waals surface area contributed by atoms with Crippen LogP contribution in [0, 0.1) is 0 Å². The fraction of sp³-hybridized carbons (Fsp3) is 0.222. The smallest absolute Gasteiger partial charge is 0.307 e. The lowest BCUT2D eigenvalue weighted by atomic mass is 10.0. The Morgan fingerprint density at radius 3 is 2.26 bits per heavy atom. The lowest BCUT2D eigenvalue weighted by molar-refractivity contribution is -0.138. The topological polar surface area (TPSA) is 63.6 Å². The number of aliphatic carboxylic acids is 1. The summed E-state index contributed by atoms with van der Waals surface area (Å²) in [5, 5.41) is 9.34. The van der Waals surface area contributed by atoms with Crippen molar-refractivity contribution in [1.29, 1.82) is 0 Å². The van der Waals surface area contributed by atoms with E-state index in [1.165, 1.54) is 0 Å². The standard InChI is InChI=1S/C18H17ClO4/c1-12(10-18(21)22)23-16-8-4-14(5-9-16)17(20)11-13-2-6-15(19)7-3-13/h2-9,12H,10-11H2,1H3,(H,21,22). The van der Waals surface area contributed by atoms with Gasteiger partial charge in [-0.2, -0.15) is 0 Å². The SMILES string of the molecule is CC(CC(=O)O)Oc1ccc(C(=O)Cc2ccc(Cl)cc2)cc1. The Morgan fingerprint density at radius 2 is 1.70 bits per heavy atom. The zero-order chi connectivity index (χ0) is 16.8. The molecular formula is C18H17ClO4. The van der Waals surface area contributed by atoms with Gasteiger partial charge in [-0.1, -0.05) is 23.7 Å². The summed E-state index contributed by atoms with van der Waals surface area (Å²) in [6, 6.07) is 13.9. The maximum Gasteiger partial charge on any atom is 0.307 e. The van der Waals surface area contributed by atoms with Crippen molar-refractivity contribution in [3.8, 4) is 5.75 Å². The molecule has 0 saturated heterocycles. The molecule has 4 nitrogen and oxygen atoms in total. The minimum absolute atomic E-state index is 0.00235. The third-order valence-corrected chi connectivity index (χ3v) is 3.51. The molecule has 0 amide bonds. The molecule has 0 aromatic heterocycles. The van der Waals surface area contributed by atoms with Gasteiger partial charge in [0.25, 0.3) is 0 Å². The highest BCUT2D eigenvalue weighted by Crippen LogP contribution is 2.17. The molecule has 2 aromatic rings. The first kappa shape index (κ1) is 17.0. The van der Waals surface area contributed by atoms with E-state index in [9.17, 15) is 9.59 Å². The summed E-state index contributed by atoms with van der Waals surface area (Å²) in [4.78, 5) is 22.8. The number of carbonyl (C=O) groups is 2. The minimum Gasteiger partial charge on any atom is -0.490 e. The second kappa shape index (κ2) is 7.79. The van der Waals surface area contributed by atoms with Crippen LogP contribution < -0.4 is 4.74 Å². The lowest BCUT2D eigenvalue weighted by Gasteiger charge is -2.12. The van der Waals surface area contributed by atoms with Crippen molar-refractivity contribution in [2.75, 3.05) is 0 Å². The molecule has 0 heterocycles. The van der Waals surface area contributed by atoms with Crippen molar-refractivity contribution in [1.82, 2.24) is 0 Å². The highest BCUT2D eigenvalue weighted by Gasteiger charge is 2.11. The van der Waals surface area contributed by atoms with Gasteiger partial charge in [-0.05, 0) is 48.9 Å². The number of ketones is 1. The van der Waals surface area contributed by atoms with E-state index in [1.54, 1.807) is 43.3 Å². The van der Waals surface area contributed by atoms with Crippen LogP contribution in [-0.4, -0.2) is 23.0 Å². The van der Waals surface area contributed by atoms with Gasteiger partial charge in [0.15, 0.2) is 5.78 Å². The monoisotopic (exact) mass is 332 g/mol. The van der Waals surface area contributed by atoms with Crippen molar-refractivity contribution in [2.24, 2.45) is 0 Å². The largest absolute Gasteiger partial charge is 0.490 e. The van der Waals surface area contributed by atoms with Crippen LogP contribution in [-0.2, 0) is 11.2 Å². The van der Waals surface area contributed by atoms with E-state index >= 15 is 0 Å². The number of rotatable bonds is 7. The number of halogens is 1. The van der Waals surface area contributed by atoms with Gasteiger partial charge in [0.2, 0.25) is 0 Å². The predicted molar refractivity (Wildman–Crippen MR) is 88.3 cm³/mol. The van der Waals surface area contributed by atoms with Crippen molar-refractivity contribution >= 4 is 23.4 Å². The number of carboxylic acid groups (broad SMARTS) is 1. The fourth-order valence-electron chi connectivity index (χ4n) is 2.13. The van der Waals surface area contributed by atoms with Gasteiger partial charge in [0, 0.05) is 17.0 Å². The average molecular weight is 333 g/mol. The lowest BCUT2D eigenvalue weighted by Crippen LogP contribution is -2.16. The maximum atomic E-state index is 12.2. The second-order valence-electron chi connectivity index (χ2n) is 5.28. The highest BCUT2D eigenvalue weighted by molar-refractivity contribution is 6.30. The molecule has 0 spiro atoms. The molecule has 0 aliphatic rings. The molecule has 0 aliphatic carbocycles. The number of Topliss-reactive ketones (excluding diaryl/α,β-unsaturated/α-hetero) is 1. The fourth-order valence-corrected chi connectivity index (χ4v) is 2.25. The minimum atomic E-state index is -0.910. The van der Waals surface area contributed by atoms with Crippen molar-refractivity contribution in [3.05, 3.63) is 64.7 Å². The third-order valence-electron chi connectivity index (χ3n) is 3.25. The Bertz CT molecular complexity index is 677. The van der Waals surface area contributed by atoms with E-state index in [4.69, 9.17) is 21.4 Å². The predicted octanol–water partition coefficient (Wildman–Crippen LogP) is 4.01. The van der Waals surface area contributed by atoms with Crippen molar-refractivity contribution in [3.63, 3.8) is 0 Å². The van der Waals surface area contributed by atoms with Gasteiger partial charge >= 0.3 is 5.97 Å². The van der Waals surface area contributed by atoms with Crippen LogP contribution in [0.3, 0.4) is 0 Å². The third kappa shape index (κ3) is 5.42. The van der Waals surface area contributed by atoms with E-state index in [0.29, 0.717) is 22.8 Å². The number of carboxylic acids is 1. The average Bonchev–Trinajstić information content (AvgIpc) is 2.49. The van der Waals surface area contributed by atoms with Crippen LogP contribution >= 0.6 is 11.6 Å². The van der Waals surface area contributed by atoms with Crippen LogP contribution in [0.25, 0.3) is 0 Å². The van der Waals surface area contributed by atoms with Gasteiger partial charge in [-0.25, -0.2) is 0 Å². The molecule has 0 aliphatic heterocycles. The summed E-state index contributed by atoms with van der Waals surface area (Å²) in [6.45, 7) is 1.69. The number of benzene rings is 2. The van der Waals surface area contributed by atoms with Gasteiger partial charge in [-0.15, -0.1) is 0 Å². The van der Waals surface area contributed by atoms with E-state index in [-0.39, 0.29) is 12.2 Å². The first-order chi connectivity index (χ1) is 10.9. The van der Waals surface area contributed by atoms with Crippen LogP contribution in [0.4, 0.5) is 0 Å². The summed E-state index contributed by atoms with van der Waals surface area (Å²) in [7, 11) is 0.